The van der Waals surface area contributed by atoms with Crippen LogP contribution in [0.15, 0.2) is 18.5 Å². The molecule has 0 saturated heterocycles. The Hall–Kier alpha value is -1.80. The maximum absolute atomic E-state index is 11.6. The molecule has 2 N–H and O–H groups in total. The Morgan fingerprint density at radius 1 is 1.58 bits per heavy atom. The zero-order valence-electron chi connectivity index (χ0n) is 11.6. The number of nitrogens with one attached hydrogen (secondary N) is 2. The summed E-state index contributed by atoms with van der Waals surface area (Å²) in [6.07, 6.45) is 6.46. The van der Waals surface area contributed by atoms with Crippen molar-refractivity contribution >= 4 is 5.91 Å². The van der Waals surface area contributed by atoms with Crippen molar-refractivity contribution in [2.75, 3.05) is 13.6 Å². The quantitative estimate of drug-likeness (QED) is 0.699. The van der Waals surface area contributed by atoms with Crippen LogP contribution in [0.5, 0.6) is 0 Å². The highest BCUT2D eigenvalue weighted by molar-refractivity contribution is 5.75. The van der Waals surface area contributed by atoms with Crippen LogP contribution >= 0.6 is 0 Å². The Morgan fingerprint density at radius 3 is 3.00 bits per heavy atom. The molecule has 5 nitrogen and oxygen atoms in total. The fourth-order valence-electron chi connectivity index (χ4n) is 2.01. The Balaban J connectivity index is 2.50. The number of carbonyl (C=O) groups excluding carboxylic acids is 1. The molecule has 19 heavy (non-hydrogen) atoms. The number of hydrogen-bond acceptors (Lipinski definition) is 3. The smallest absolute Gasteiger partial charge is 0.239 e. The van der Waals surface area contributed by atoms with Crippen molar-refractivity contribution < 1.29 is 4.79 Å². The molecule has 1 aromatic rings. The lowest BCUT2D eigenvalue weighted by atomic mass is 10.1. The number of nitrogens with zero attached hydrogens (tertiary/aromatic N) is 2. The van der Waals surface area contributed by atoms with Crippen molar-refractivity contribution in [1.29, 1.82) is 5.26 Å². The van der Waals surface area contributed by atoms with Crippen LogP contribution in [-0.4, -0.2) is 24.1 Å². The van der Waals surface area contributed by atoms with Crippen molar-refractivity contribution in [3.8, 4) is 6.07 Å². The minimum Gasteiger partial charge on any atom is -0.354 e. The molecule has 0 aliphatic carbocycles. The summed E-state index contributed by atoms with van der Waals surface area (Å²) in [7, 11) is 1.95. The molecule has 5 heteroatoms. The summed E-state index contributed by atoms with van der Waals surface area (Å²) in [5.41, 5.74) is 1.20. The molecule has 0 fully saturated rings. The van der Waals surface area contributed by atoms with Crippen molar-refractivity contribution in [2.45, 2.75) is 38.8 Å². The van der Waals surface area contributed by atoms with Crippen molar-refractivity contribution in [3.05, 3.63) is 24.0 Å². The highest BCUT2D eigenvalue weighted by Gasteiger charge is 2.10. The second kappa shape index (κ2) is 8.33. The molecular formula is C14H22N4O. The fourth-order valence-corrected chi connectivity index (χ4v) is 2.01. The van der Waals surface area contributed by atoms with E-state index in [0.717, 1.165) is 12.8 Å². The van der Waals surface area contributed by atoms with E-state index in [-0.39, 0.29) is 5.91 Å². The summed E-state index contributed by atoms with van der Waals surface area (Å²) >= 11 is 0. The monoisotopic (exact) mass is 262 g/mol. The van der Waals surface area contributed by atoms with Crippen LogP contribution in [0.4, 0.5) is 0 Å². The molecule has 1 heterocycles. The molecule has 0 radical (unpaired) electrons. The van der Waals surface area contributed by atoms with Crippen LogP contribution in [0.25, 0.3) is 0 Å². The number of aromatic nitrogens is 1. The summed E-state index contributed by atoms with van der Waals surface area (Å²) in [5, 5.41) is 14.4. The number of rotatable bonds is 8. The fraction of sp³-hybridized carbons (Fsp3) is 0.571. The molecule has 0 saturated carbocycles. The number of amides is 1. The molecule has 1 atom stereocenters. The summed E-state index contributed by atoms with van der Waals surface area (Å²) in [5.74, 6) is -0.0612. The third-order valence-electron chi connectivity index (χ3n) is 2.99. The predicted molar refractivity (Wildman–Crippen MR) is 74.4 cm³/mol. The SMILES string of the molecule is CCCC(NC)c1ccn(CC(=O)NCCC#N)c1. The van der Waals surface area contributed by atoms with Gasteiger partial charge in [-0.15, -0.1) is 0 Å². The third kappa shape index (κ3) is 5.14. The van der Waals surface area contributed by atoms with Gasteiger partial charge in [-0.3, -0.25) is 4.79 Å². The summed E-state index contributed by atoms with van der Waals surface area (Å²) in [4.78, 5) is 11.6. The van der Waals surface area contributed by atoms with Gasteiger partial charge in [0.05, 0.1) is 12.5 Å². The molecule has 1 unspecified atom stereocenters. The van der Waals surface area contributed by atoms with E-state index in [4.69, 9.17) is 5.26 Å². The van der Waals surface area contributed by atoms with Crippen molar-refractivity contribution in [1.82, 2.24) is 15.2 Å². The molecule has 0 aromatic carbocycles. The average Bonchev–Trinajstić information content (AvgIpc) is 2.84. The van der Waals surface area contributed by atoms with Gasteiger partial charge in [-0.2, -0.15) is 5.26 Å². The van der Waals surface area contributed by atoms with Crippen LogP contribution in [0, 0.1) is 11.3 Å². The van der Waals surface area contributed by atoms with E-state index in [9.17, 15) is 4.79 Å². The van der Waals surface area contributed by atoms with E-state index < -0.39 is 0 Å². The maximum atomic E-state index is 11.6. The minimum atomic E-state index is -0.0612. The largest absolute Gasteiger partial charge is 0.354 e. The number of nitriles is 1. The van der Waals surface area contributed by atoms with Gasteiger partial charge in [-0.05, 0) is 25.1 Å². The zero-order valence-corrected chi connectivity index (χ0v) is 11.6. The molecule has 104 valence electrons. The van der Waals surface area contributed by atoms with Crippen LogP contribution < -0.4 is 10.6 Å². The van der Waals surface area contributed by atoms with Gasteiger partial charge in [0.2, 0.25) is 5.91 Å². The molecule has 0 bridgehead atoms. The normalized spacial score (nSPS) is 11.8. The van der Waals surface area contributed by atoms with Crippen LogP contribution in [0.1, 0.15) is 37.8 Å². The first-order chi connectivity index (χ1) is 9.21. The maximum Gasteiger partial charge on any atom is 0.239 e. The summed E-state index contributed by atoms with van der Waals surface area (Å²) in [6, 6.07) is 4.38. The van der Waals surface area contributed by atoms with E-state index in [0.29, 0.717) is 25.6 Å². The van der Waals surface area contributed by atoms with E-state index in [1.165, 1.54) is 5.56 Å². The first-order valence-corrected chi connectivity index (χ1v) is 6.67. The lowest BCUT2D eigenvalue weighted by Gasteiger charge is -2.13. The first-order valence-electron chi connectivity index (χ1n) is 6.67. The van der Waals surface area contributed by atoms with Gasteiger partial charge in [0, 0.05) is 25.0 Å². The summed E-state index contributed by atoms with van der Waals surface area (Å²) < 4.78 is 1.87. The Morgan fingerprint density at radius 2 is 2.37 bits per heavy atom. The Labute approximate surface area is 114 Å². The third-order valence-corrected chi connectivity index (χ3v) is 2.99. The van der Waals surface area contributed by atoms with E-state index in [1.54, 1.807) is 0 Å². The van der Waals surface area contributed by atoms with Gasteiger partial charge in [0.25, 0.3) is 0 Å². The summed E-state index contributed by atoms with van der Waals surface area (Å²) in [6.45, 7) is 2.87. The Kier molecular flexibility index (Phi) is 6.69. The molecular weight excluding hydrogens is 240 g/mol. The molecule has 0 aliphatic rings. The molecule has 1 amide bonds. The molecule has 0 spiro atoms. The van der Waals surface area contributed by atoms with Crippen LogP contribution in [0.3, 0.4) is 0 Å². The molecule has 1 aromatic heterocycles. The second-order valence-electron chi connectivity index (χ2n) is 4.51. The standard InChI is InChI=1S/C14H22N4O/c1-3-5-13(16-2)12-6-9-18(10-12)11-14(19)17-8-4-7-15/h6,9-10,13,16H,3-5,8,11H2,1-2H3,(H,17,19). The topological polar surface area (TPSA) is 69.8 Å². The first kappa shape index (κ1) is 15.3. The van der Waals surface area contributed by atoms with Crippen LogP contribution in [-0.2, 0) is 11.3 Å². The van der Waals surface area contributed by atoms with E-state index in [2.05, 4.69) is 17.6 Å². The van der Waals surface area contributed by atoms with Gasteiger partial charge in [0.15, 0.2) is 0 Å². The number of carbonyl (C=O) groups is 1. The van der Waals surface area contributed by atoms with Gasteiger partial charge in [-0.1, -0.05) is 13.3 Å². The van der Waals surface area contributed by atoms with E-state index in [1.807, 2.05) is 36.1 Å². The average molecular weight is 262 g/mol. The van der Waals surface area contributed by atoms with E-state index >= 15 is 0 Å². The zero-order chi connectivity index (χ0) is 14.1. The predicted octanol–water partition coefficient (Wildman–Crippen LogP) is 1.58. The highest BCUT2D eigenvalue weighted by Crippen LogP contribution is 2.18. The van der Waals surface area contributed by atoms with Gasteiger partial charge >= 0.3 is 0 Å². The van der Waals surface area contributed by atoms with Crippen LogP contribution in [0.2, 0.25) is 0 Å². The lowest BCUT2D eigenvalue weighted by Crippen LogP contribution is -2.27. The highest BCUT2D eigenvalue weighted by atomic mass is 16.1. The van der Waals surface area contributed by atoms with Gasteiger partial charge in [-0.25, -0.2) is 0 Å². The minimum absolute atomic E-state index is 0.0612. The molecule has 0 aliphatic heterocycles. The van der Waals surface area contributed by atoms with Gasteiger partial charge < -0.3 is 15.2 Å². The van der Waals surface area contributed by atoms with Gasteiger partial charge in [0.1, 0.15) is 6.54 Å². The second-order valence-corrected chi connectivity index (χ2v) is 4.51. The molecule has 1 rings (SSSR count). The number of hydrogen-bond donors (Lipinski definition) is 2. The van der Waals surface area contributed by atoms with Crippen molar-refractivity contribution in [2.24, 2.45) is 0 Å². The lowest BCUT2D eigenvalue weighted by molar-refractivity contribution is -0.121. The Bertz CT molecular complexity index is 433. The van der Waals surface area contributed by atoms with Crippen molar-refractivity contribution in [3.63, 3.8) is 0 Å².